The number of carbonyl (C=O) groups excluding carboxylic acids is 1. The Labute approximate surface area is 152 Å². The fraction of sp³-hybridized carbons (Fsp3) is 0.200. The Morgan fingerprint density at radius 2 is 1.77 bits per heavy atom. The molecule has 0 aliphatic rings. The molecule has 3 rings (SSSR count). The number of fused-ring (bicyclic) bond motifs is 1. The largest absolute Gasteiger partial charge is 0.369 e. The van der Waals surface area contributed by atoms with E-state index in [1.165, 1.54) is 5.56 Å². The van der Waals surface area contributed by atoms with E-state index in [0.29, 0.717) is 0 Å². The van der Waals surface area contributed by atoms with Crippen molar-refractivity contribution in [1.82, 2.24) is 15.3 Å². The monoisotopic (exact) mass is 347 g/mol. The minimum absolute atomic E-state index is 0.0199. The summed E-state index contributed by atoms with van der Waals surface area (Å²) in [5.74, 6) is -0.0225. The van der Waals surface area contributed by atoms with Crippen molar-refractivity contribution in [2.75, 3.05) is 0 Å². The number of amides is 1. The molecule has 0 aliphatic heterocycles. The lowest BCUT2D eigenvalue weighted by Crippen LogP contribution is -2.37. The van der Waals surface area contributed by atoms with Crippen molar-refractivity contribution >= 4 is 28.7 Å². The number of carbonyl (C=O) groups is 1. The second kappa shape index (κ2) is 7.31. The molecule has 1 aromatic heterocycles. The van der Waals surface area contributed by atoms with Crippen molar-refractivity contribution in [2.45, 2.75) is 27.2 Å². The van der Waals surface area contributed by atoms with Crippen LogP contribution in [0.2, 0.25) is 0 Å². The molecule has 0 bridgehead atoms. The highest BCUT2D eigenvalue weighted by molar-refractivity contribution is 5.97. The van der Waals surface area contributed by atoms with Crippen LogP contribution < -0.4 is 11.1 Å². The lowest BCUT2D eigenvalue weighted by molar-refractivity contribution is -0.119. The van der Waals surface area contributed by atoms with E-state index in [1.54, 1.807) is 0 Å². The molecular formula is C20H21N5O. The van der Waals surface area contributed by atoms with E-state index in [-0.39, 0.29) is 24.2 Å². The molecule has 1 amide bonds. The second-order valence-electron chi connectivity index (χ2n) is 6.27. The highest BCUT2D eigenvalue weighted by atomic mass is 16.1. The zero-order chi connectivity index (χ0) is 18.7. The van der Waals surface area contributed by atoms with Crippen LogP contribution in [0.25, 0.3) is 10.9 Å². The molecule has 0 radical (unpaired) electrons. The Hall–Kier alpha value is -3.28. The molecule has 6 heteroatoms. The standard InChI is InChI=1S/C20H21N5O/c1-12-9-16-14(3)22-20(23-17(16)10-13(12)2)25-19(21)24-18(26)11-15-7-5-4-6-8-15/h4-10H,11H2,1-3H3,(H3,21,22,23,24,25,26). The first-order chi connectivity index (χ1) is 12.4. The van der Waals surface area contributed by atoms with E-state index >= 15 is 0 Å². The van der Waals surface area contributed by atoms with E-state index in [4.69, 9.17) is 5.73 Å². The minimum atomic E-state index is -0.235. The number of benzene rings is 2. The maximum absolute atomic E-state index is 12.1. The van der Waals surface area contributed by atoms with E-state index in [9.17, 15) is 4.79 Å². The highest BCUT2D eigenvalue weighted by Crippen LogP contribution is 2.22. The SMILES string of the molecule is Cc1cc2nc(/N=C(/N)NC(=O)Cc3ccccc3)nc(C)c2cc1C. The Bertz CT molecular complexity index is 996. The predicted molar refractivity (Wildman–Crippen MR) is 103 cm³/mol. The second-order valence-corrected chi connectivity index (χ2v) is 6.27. The molecule has 0 spiro atoms. The number of guanidine groups is 1. The summed E-state index contributed by atoms with van der Waals surface area (Å²) in [5.41, 5.74) is 10.7. The molecule has 0 atom stereocenters. The van der Waals surface area contributed by atoms with Crippen LogP contribution in [0, 0.1) is 20.8 Å². The third kappa shape index (κ3) is 4.03. The third-order valence-corrected chi connectivity index (χ3v) is 4.19. The highest BCUT2D eigenvalue weighted by Gasteiger charge is 2.08. The van der Waals surface area contributed by atoms with Gasteiger partial charge in [0.15, 0.2) is 0 Å². The molecule has 2 aromatic carbocycles. The first-order valence-electron chi connectivity index (χ1n) is 8.36. The maximum Gasteiger partial charge on any atom is 0.253 e. The van der Waals surface area contributed by atoms with Crippen LogP contribution in [-0.4, -0.2) is 21.8 Å². The van der Waals surface area contributed by atoms with Gasteiger partial charge in [-0.3, -0.25) is 10.1 Å². The minimum Gasteiger partial charge on any atom is -0.369 e. The average Bonchev–Trinajstić information content (AvgIpc) is 2.57. The number of aliphatic imine (C=N–C) groups is 1. The number of aromatic nitrogens is 2. The van der Waals surface area contributed by atoms with Gasteiger partial charge in [-0.05, 0) is 49.6 Å². The topological polar surface area (TPSA) is 93.3 Å². The zero-order valence-corrected chi connectivity index (χ0v) is 15.1. The van der Waals surface area contributed by atoms with Crippen molar-refractivity contribution in [3.8, 4) is 0 Å². The molecule has 3 N–H and O–H groups in total. The Morgan fingerprint density at radius 1 is 1.08 bits per heavy atom. The lowest BCUT2D eigenvalue weighted by atomic mass is 10.1. The summed E-state index contributed by atoms with van der Waals surface area (Å²) >= 11 is 0. The number of aryl methyl sites for hydroxylation is 3. The van der Waals surface area contributed by atoms with Crippen molar-refractivity contribution in [2.24, 2.45) is 10.7 Å². The van der Waals surface area contributed by atoms with Crippen LogP contribution >= 0.6 is 0 Å². The molecule has 3 aromatic rings. The van der Waals surface area contributed by atoms with Gasteiger partial charge >= 0.3 is 0 Å². The van der Waals surface area contributed by atoms with Gasteiger partial charge in [-0.25, -0.2) is 9.97 Å². The number of rotatable bonds is 3. The van der Waals surface area contributed by atoms with Gasteiger partial charge < -0.3 is 5.73 Å². The summed E-state index contributed by atoms with van der Waals surface area (Å²) in [6.45, 7) is 6.00. The quantitative estimate of drug-likeness (QED) is 0.563. The van der Waals surface area contributed by atoms with Gasteiger partial charge in [0.2, 0.25) is 11.9 Å². The van der Waals surface area contributed by atoms with E-state index in [2.05, 4.69) is 33.3 Å². The van der Waals surface area contributed by atoms with Gasteiger partial charge in [0.25, 0.3) is 5.95 Å². The number of nitrogens with two attached hydrogens (primary N) is 1. The lowest BCUT2D eigenvalue weighted by Gasteiger charge is -2.07. The van der Waals surface area contributed by atoms with Crippen LogP contribution in [0.5, 0.6) is 0 Å². The van der Waals surface area contributed by atoms with E-state index in [1.807, 2.05) is 50.2 Å². The van der Waals surface area contributed by atoms with Crippen LogP contribution in [0.1, 0.15) is 22.4 Å². The smallest absolute Gasteiger partial charge is 0.253 e. The van der Waals surface area contributed by atoms with E-state index in [0.717, 1.165) is 27.7 Å². The van der Waals surface area contributed by atoms with Gasteiger partial charge in [0.1, 0.15) is 0 Å². The molecule has 6 nitrogen and oxygen atoms in total. The van der Waals surface area contributed by atoms with E-state index < -0.39 is 0 Å². The molecule has 1 heterocycles. The van der Waals surface area contributed by atoms with Crippen molar-refractivity contribution in [3.63, 3.8) is 0 Å². The van der Waals surface area contributed by atoms with Gasteiger partial charge in [-0.15, -0.1) is 0 Å². The fourth-order valence-electron chi connectivity index (χ4n) is 2.68. The molecule has 26 heavy (non-hydrogen) atoms. The van der Waals surface area contributed by atoms with Crippen LogP contribution in [0.3, 0.4) is 0 Å². The molecule has 132 valence electrons. The fourth-order valence-corrected chi connectivity index (χ4v) is 2.68. The van der Waals surface area contributed by atoms with Gasteiger partial charge in [-0.1, -0.05) is 30.3 Å². The molecule has 0 unspecified atom stereocenters. The Morgan fingerprint density at radius 3 is 2.50 bits per heavy atom. The number of hydrogen-bond acceptors (Lipinski definition) is 4. The molecule has 0 fully saturated rings. The van der Waals surface area contributed by atoms with Gasteiger partial charge in [0.05, 0.1) is 17.6 Å². The summed E-state index contributed by atoms with van der Waals surface area (Å²) in [4.78, 5) is 25.0. The number of hydrogen-bond donors (Lipinski definition) is 2. The van der Waals surface area contributed by atoms with Crippen LogP contribution in [0.15, 0.2) is 47.5 Å². The Balaban J connectivity index is 1.80. The van der Waals surface area contributed by atoms with Crippen molar-refractivity contribution in [3.05, 3.63) is 64.8 Å². The summed E-state index contributed by atoms with van der Waals surface area (Å²) in [5, 5.41) is 3.56. The third-order valence-electron chi connectivity index (χ3n) is 4.19. The van der Waals surface area contributed by atoms with Crippen LogP contribution in [0.4, 0.5) is 5.95 Å². The first-order valence-corrected chi connectivity index (χ1v) is 8.36. The summed E-state index contributed by atoms with van der Waals surface area (Å²) < 4.78 is 0. The number of nitrogens with zero attached hydrogens (tertiary/aromatic N) is 3. The summed E-state index contributed by atoms with van der Waals surface area (Å²) in [7, 11) is 0. The van der Waals surface area contributed by atoms with Crippen LogP contribution in [-0.2, 0) is 11.2 Å². The van der Waals surface area contributed by atoms with Crippen molar-refractivity contribution < 1.29 is 4.79 Å². The predicted octanol–water partition coefficient (Wildman–Crippen LogP) is 2.86. The molecular weight excluding hydrogens is 326 g/mol. The first kappa shape index (κ1) is 17.5. The maximum atomic E-state index is 12.1. The molecule has 0 aliphatic carbocycles. The molecule has 0 saturated heterocycles. The van der Waals surface area contributed by atoms with Gasteiger partial charge in [0, 0.05) is 5.39 Å². The van der Waals surface area contributed by atoms with Gasteiger partial charge in [-0.2, -0.15) is 4.99 Å². The zero-order valence-electron chi connectivity index (χ0n) is 15.1. The molecule has 0 saturated carbocycles. The van der Waals surface area contributed by atoms with Crippen molar-refractivity contribution in [1.29, 1.82) is 0 Å². The summed E-state index contributed by atoms with van der Waals surface area (Å²) in [6.07, 6.45) is 0.229. The normalized spacial score (nSPS) is 11.6. The summed E-state index contributed by atoms with van der Waals surface area (Å²) in [6, 6.07) is 13.5. The number of nitrogens with one attached hydrogen (secondary N) is 1. The Kier molecular flexibility index (Phi) is 4.93. The average molecular weight is 347 g/mol.